The summed E-state index contributed by atoms with van der Waals surface area (Å²) in [7, 11) is 0. The van der Waals surface area contributed by atoms with E-state index in [4.69, 9.17) is 5.73 Å². The number of rotatable bonds is 9. The van der Waals surface area contributed by atoms with E-state index in [1.165, 1.54) is 0 Å². The molecule has 0 heterocycles. The zero-order chi connectivity index (χ0) is 12.4. The molecular formula is C12H27N3O. The number of hydrogen-bond acceptors (Lipinski definition) is 3. The van der Waals surface area contributed by atoms with Gasteiger partial charge in [-0.2, -0.15) is 0 Å². The lowest BCUT2D eigenvalue weighted by atomic mass is 10.2. The summed E-state index contributed by atoms with van der Waals surface area (Å²) in [6.45, 7) is 9.24. The molecule has 0 radical (unpaired) electrons. The molecule has 0 saturated carbocycles. The van der Waals surface area contributed by atoms with Gasteiger partial charge < -0.3 is 11.1 Å². The van der Waals surface area contributed by atoms with Crippen LogP contribution in [0.1, 0.15) is 40.0 Å². The van der Waals surface area contributed by atoms with Gasteiger partial charge in [0.05, 0.1) is 6.54 Å². The molecule has 0 rings (SSSR count). The molecule has 96 valence electrons. The van der Waals surface area contributed by atoms with Gasteiger partial charge in [0, 0.05) is 6.04 Å². The smallest absolute Gasteiger partial charge is 0.234 e. The minimum atomic E-state index is 0.121. The van der Waals surface area contributed by atoms with Gasteiger partial charge in [-0.05, 0) is 46.3 Å². The van der Waals surface area contributed by atoms with Gasteiger partial charge in [0.1, 0.15) is 0 Å². The first kappa shape index (κ1) is 15.4. The van der Waals surface area contributed by atoms with E-state index >= 15 is 0 Å². The second-order valence-corrected chi connectivity index (χ2v) is 4.44. The standard InChI is InChI=1S/C12H27N3O/c1-4-15(9-7-5-6-8-13)10-12(16)14-11(2)3/h11H,4-10,13H2,1-3H3,(H,14,16). The predicted octanol–water partition coefficient (Wildman–Crippen LogP) is 0.962. The van der Waals surface area contributed by atoms with Crippen LogP contribution >= 0.6 is 0 Å². The van der Waals surface area contributed by atoms with Crippen LogP contribution in [0.15, 0.2) is 0 Å². The number of likely N-dealkylation sites (N-methyl/N-ethyl adjacent to an activating group) is 1. The molecule has 0 aromatic rings. The fraction of sp³-hybridized carbons (Fsp3) is 0.917. The second kappa shape index (κ2) is 9.60. The summed E-state index contributed by atoms with van der Waals surface area (Å²) in [5.41, 5.74) is 5.44. The molecule has 0 aliphatic heterocycles. The summed E-state index contributed by atoms with van der Waals surface area (Å²) >= 11 is 0. The number of nitrogens with one attached hydrogen (secondary N) is 1. The number of carbonyl (C=O) groups is 1. The normalized spacial score (nSPS) is 11.1. The molecule has 0 aromatic heterocycles. The van der Waals surface area contributed by atoms with Gasteiger partial charge in [-0.1, -0.05) is 13.3 Å². The minimum Gasteiger partial charge on any atom is -0.353 e. The van der Waals surface area contributed by atoms with Crippen molar-refractivity contribution in [2.24, 2.45) is 5.73 Å². The van der Waals surface area contributed by atoms with Crippen LogP contribution in [0.2, 0.25) is 0 Å². The Labute approximate surface area is 99.6 Å². The first-order chi connectivity index (χ1) is 7.60. The van der Waals surface area contributed by atoms with Gasteiger partial charge in [0.25, 0.3) is 0 Å². The third kappa shape index (κ3) is 8.68. The van der Waals surface area contributed by atoms with Crippen molar-refractivity contribution in [2.45, 2.75) is 46.1 Å². The molecule has 0 atom stereocenters. The first-order valence-electron chi connectivity index (χ1n) is 6.32. The highest BCUT2D eigenvalue weighted by molar-refractivity contribution is 5.78. The van der Waals surface area contributed by atoms with E-state index in [2.05, 4.69) is 17.1 Å². The van der Waals surface area contributed by atoms with Crippen LogP contribution in [-0.4, -0.2) is 43.0 Å². The third-order valence-electron chi connectivity index (χ3n) is 2.44. The lowest BCUT2D eigenvalue weighted by molar-refractivity contribution is -0.122. The highest BCUT2D eigenvalue weighted by atomic mass is 16.2. The highest BCUT2D eigenvalue weighted by Gasteiger charge is 2.09. The topological polar surface area (TPSA) is 58.4 Å². The van der Waals surface area contributed by atoms with E-state index in [1.54, 1.807) is 0 Å². The van der Waals surface area contributed by atoms with Crippen molar-refractivity contribution in [1.82, 2.24) is 10.2 Å². The zero-order valence-electron chi connectivity index (χ0n) is 11.0. The van der Waals surface area contributed by atoms with Crippen molar-refractivity contribution in [2.75, 3.05) is 26.2 Å². The molecule has 4 nitrogen and oxygen atoms in total. The summed E-state index contributed by atoms with van der Waals surface area (Å²) in [4.78, 5) is 13.7. The number of unbranched alkanes of at least 4 members (excludes halogenated alkanes) is 2. The maximum absolute atomic E-state index is 11.5. The lowest BCUT2D eigenvalue weighted by Gasteiger charge is -2.20. The molecule has 0 saturated heterocycles. The van der Waals surface area contributed by atoms with Gasteiger partial charge in [0.2, 0.25) is 5.91 Å². The zero-order valence-corrected chi connectivity index (χ0v) is 11.0. The first-order valence-corrected chi connectivity index (χ1v) is 6.32. The fourth-order valence-corrected chi connectivity index (χ4v) is 1.58. The van der Waals surface area contributed by atoms with E-state index in [0.717, 1.165) is 38.9 Å². The number of nitrogens with two attached hydrogens (primary N) is 1. The van der Waals surface area contributed by atoms with E-state index in [-0.39, 0.29) is 11.9 Å². The van der Waals surface area contributed by atoms with Crippen molar-refractivity contribution in [3.8, 4) is 0 Å². The molecule has 1 amide bonds. The molecular weight excluding hydrogens is 202 g/mol. The molecule has 3 N–H and O–H groups in total. The third-order valence-corrected chi connectivity index (χ3v) is 2.44. The van der Waals surface area contributed by atoms with Gasteiger partial charge >= 0.3 is 0 Å². The Balaban J connectivity index is 3.69. The van der Waals surface area contributed by atoms with Crippen LogP contribution in [0.25, 0.3) is 0 Å². The van der Waals surface area contributed by atoms with Crippen LogP contribution in [0.5, 0.6) is 0 Å². The molecule has 0 aromatic carbocycles. The van der Waals surface area contributed by atoms with Crippen LogP contribution < -0.4 is 11.1 Å². The Morgan fingerprint density at radius 3 is 2.50 bits per heavy atom. The largest absolute Gasteiger partial charge is 0.353 e. The average molecular weight is 229 g/mol. The predicted molar refractivity (Wildman–Crippen MR) is 68.3 cm³/mol. The Hall–Kier alpha value is -0.610. The van der Waals surface area contributed by atoms with E-state index in [9.17, 15) is 4.79 Å². The van der Waals surface area contributed by atoms with E-state index < -0.39 is 0 Å². The number of nitrogens with zero attached hydrogens (tertiary/aromatic N) is 1. The Bertz CT molecular complexity index is 183. The lowest BCUT2D eigenvalue weighted by Crippen LogP contribution is -2.40. The molecule has 0 fully saturated rings. The Morgan fingerprint density at radius 1 is 1.31 bits per heavy atom. The molecule has 16 heavy (non-hydrogen) atoms. The van der Waals surface area contributed by atoms with Crippen molar-refractivity contribution in [3.05, 3.63) is 0 Å². The number of hydrogen-bond donors (Lipinski definition) is 2. The van der Waals surface area contributed by atoms with Crippen molar-refractivity contribution < 1.29 is 4.79 Å². The number of carbonyl (C=O) groups excluding carboxylic acids is 1. The molecule has 0 bridgehead atoms. The van der Waals surface area contributed by atoms with Crippen molar-refractivity contribution in [1.29, 1.82) is 0 Å². The average Bonchev–Trinajstić information content (AvgIpc) is 2.21. The monoisotopic (exact) mass is 229 g/mol. The molecule has 4 heteroatoms. The Morgan fingerprint density at radius 2 is 2.00 bits per heavy atom. The van der Waals surface area contributed by atoms with Gasteiger partial charge in [-0.25, -0.2) is 0 Å². The summed E-state index contributed by atoms with van der Waals surface area (Å²) in [6, 6.07) is 0.225. The summed E-state index contributed by atoms with van der Waals surface area (Å²) in [6.07, 6.45) is 3.36. The van der Waals surface area contributed by atoms with Crippen LogP contribution in [0.3, 0.4) is 0 Å². The highest BCUT2D eigenvalue weighted by Crippen LogP contribution is 1.98. The minimum absolute atomic E-state index is 0.121. The molecule has 0 unspecified atom stereocenters. The maximum atomic E-state index is 11.5. The van der Waals surface area contributed by atoms with E-state index in [1.807, 2.05) is 13.8 Å². The second-order valence-electron chi connectivity index (χ2n) is 4.44. The fourth-order valence-electron chi connectivity index (χ4n) is 1.58. The molecule has 0 aliphatic carbocycles. The van der Waals surface area contributed by atoms with Gasteiger partial charge in [0.15, 0.2) is 0 Å². The van der Waals surface area contributed by atoms with Crippen LogP contribution in [0.4, 0.5) is 0 Å². The summed E-state index contributed by atoms with van der Waals surface area (Å²) in [5, 5.41) is 2.91. The summed E-state index contributed by atoms with van der Waals surface area (Å²) in [5.74, 6) is 0.121. The van der Waals surface area contributed by atoms with E-state index in [0.29, 0.717) is 6.54 Å². The summed E-state index contributed by atoms with van der Waals surface area (Å²) < 4.78 is 0. The maximum Gasteiger partial charge on any atom is 0.234 e. The van der Waals surface area contributed by atoms with Crippen LogP contribution in [0, 0.1) is 0 Å². The van der Waals surface area contributed by atoms with Gasteiger partial charge in [-0.15, -0.1) is 0 Å². The molecule has 0 spiro atoms. The van der Waals surface area contributed by atoms with Crippen molar-refractivity contribution in [3.63, 3.8) is 0 Å². The SMILES string of the molecule is CCN(CCCCCN)CC(=O)NC(C)C. The van der Waals surface area contributed by atoms with Crippen LogP contribution in [-0.2, 0) is 4.79 Å². The molecule has 0 aliphatic rings. The quantitative estimate of drug-likeness (QED) is 0.579. The van der Waals surface area contributed by atoms with Crippen molar-refractivity contribution >= 4 is 5.91 Å². The van der Waals surface area contributed by atoms with Gasteiger partial charge in [-0.3, -0.25) is 9.69 Å². The Kier molecular flexibility index (Phi) is 9.24. The number of amides is 1.